The fourth-order valence-electron chi connectivity index (χ4n) is 1.08. The van der Waals surface area contributed by atoms with Crippen molar-refractivity contribution in [2.75, 3.05) is 0 Å². The van der Waals surface area contributed by atoms with Crippen LogP contribution < -0.4 is 0 Å². The molecule has 0 N–H and O–H groups in total. The minimum atomic E-state index is -0.569. The van der Waals surface area contributed by atoms with E-state index in [0.717, 1.165) is 12.7 Å². The maximum atomic E-state index is 11.2. The van der Waals surface area contributed by atoms with Crippen LogP contribution in [0.3, 0.4) is 0 Å². The molecule has 0 aliphatic rings. The van der Waals surface area contributed by atoms with Gasteiger partial charge in [-0.3, -0.25) is 9.59 Å². The normalized spacial score (nSPS) is 9.80. The van der Waals surface area contributed by atoms with Crippen LogP contribution >= 0.6 is 45.2 Å². The molecule has 0 atom stereocenters. The number of ether oxygens (including phenoxy) is 1. The highest BCUT2D eigenvalue weighted by atomic mass is 127. The monoisotopic (exact) mass is 430 g/mol. The summed E-state index contributed by atoms with van der Waals surface area (Å²) < 4.78 is 6.57. The third kappa shape index (κ3) is 4.92. The number of hydrogen-bond acceptors (Lipinski definition) is 3. The maximum Gasteiger partial charge on any atom is 0.317 e. The number of carbonyl (C=O) groups is 2. The van der Waals surface area contributed by atoms with Crippen molar-refractivity contribution in [3.05, 3.63) is 30.9 Å². The molecule has 0 spiro atoms. The first-order chi connectivity index (χ1) is 6.97. The molecule has 0 aromatic heterocycles. The van der Waals surface area contributed by atoms with Crippen LogP contribution in [0, 0.1) is 7.14 Å². The van der Waals surface area contributed by atoms with Crippen LogP contribution in [0.2, 0.25) is 0 Å². The first-order valence-corrected chi connectivity index (χ1v) is 6.29. The molecule has 0 heterocycles. The number of rotatable bonds is 2. The lowest BCUT2D eigenvalue weighted by Gasteiger charge is -2.02. The Morgan fingerprint density at radius 2 is 1.73 bits per heavy atom. The average molecular weight is 430 g/mol. The molecule has 0 unspecified atom stereocenters. The second-order valence-electron chi connectivity index (χ2n) is 2.92. The number of esters is 2. The summed E-state index contributed by atoms with van der Waals surface area (Å²) in [4.78, 5) is 21.7. The van der Waals surface area contributed by atoms with Crippen molar-refractivity contribution < 1.29 is 14.3 Å². The van der Waals surface area contributed by atoms with Crippen LogP contribution in [0.1, 0.15) is 12.5 Å². The van der Waals surface area contributed by atoms with Crippen LogP contribution in [0.25, 0.3) is 0 Å². The molecule has 1 aromatic rings. The van der Waals surface area contributed by atoms with Crippen molar-refractivity contribution in [2.45, 2.75) is 13.3 Å². The van der Waals surface area contributed by atoms with Gasteiger partial charge in [0.1, 0.15) is 0 Å². The number of carbonyl (C=O) groups excluding carboxylic acids is 2. The third-order valence-electron chi connectivity index (χ3n) is 1.53. The van der Waals surface area contributed by atoms with Crippen LogP contribution in [-0.2, 0) is 20.7 Å². The molecule has 0 amide bonds. The van der Waals surface area contributed by atoms with E-state index in [4.69, 9.17) is 0 Å². The molecule has 0 fully saturated rings. The van der Waals surface area contributed by atoms with Crippen molar-refractivity contribution in [1.29, 1.82) is 0 Å². The molecule has 5 heteroatoms. The Bertz CT molecular complexity index is 381. The van der Waals surface area contributed by atoms with E-state index in [0.29, 0.717) is 0 Å². The average Bonchev–Trinajstić information content (AvgIpc) is 1.98. The lowest BCUT2D eigenvalue weighted by atomic mass is 10.2. The van der Waals surface area contributed by atoms with Gasteiger partial charge in [0.15, 0.2) is 0 Å². The topological polar surface area (TPSA) is 43.4 Å². The van der Waals surface area contributed by atoms with E-state index >= 15 is 0 Å². The van der Waals surface area contributed by atoms with Gasteiger partial charge >= 0.3 is 11.9 Å². The standard InChI is InChI=1S/C10H8I2O3/c1-6(13)15-10(14)4-7-2-8(11)5-9(12)3-7/h2-3,5H,4H2,1H3. The van der Waals surface area contributed by atoms with Crippen LogP contribution in [0.4, 0.5) is 0 Å². The first-order valence-electron chi connectivity index (χ1n) is 4.13. The minimum absolute atomic E-state index is 0.131. The molecule has 0 radical (unpaired) electrons. The molecule has 3 nitrogen and oxygen atoms in total. The van der Waals surface area contributed by atoms with Gasteiger partial charge in [0, 0.05) is 14.1 Å². The molecule has 15 heavy (non-hydrogen) atoms. The van der Waals surface area contributed by atoms with E-state index in [1.54, 1.807) is 0 Å². The van der Waals surface area contributed by atoms with Gasteiger partial charge in [-0.25, -0.2) is 0 Å². The molecule has 80 valence electrons. The lowest BCUT2D eigenvalue weighted by molar-refractivity contribution is -0.157. The van der Waals surface area contributed by atoms with Gasteiger partial charge < -0.3 is 4.74 Å². The van der Waals surface area contributed by atoms with Crippen LogP contribution in [-0.4, -0.2) is 11.9 Å². The van der Waals surface area contributed by atoms with Crippen molar-refractivity contribution >= 4 is 57.1 Å². The molecule has 1 aromatic carbocycles. The Morgan fingerprint density at radius 1 is 1.20 bits per heavy atom. The molecule has 0 bridgehead atoms. The summed E-state index contributed by atoms with van der Waals surface area (Å²) in [5.74, 6) is -1.08. The third-order valence-corrected chi connectivity index (χ3v) is 2.77. The van der Waals surface area contributed by atoms with Gasteiger partial charge in [-0.1, -0.05) is 0 Å². The van der Waals surface area contributed by atoms with Crippen molar-refractivity contribution in [3.8, 4) is 0 Å². The van der Waals surface area contributed by atoms with Gasteiger partial charge in [-0.15, -0.1) is 0 Å². The zero-order chi connectivity index (χ0) is 11.4. The Kier molecular flexibility index (Phi) is 4.97. The summed E-state index contributed by atoms with van der Waals surface area (Å²) >= 11 is 4.36. The Balaban J connectivity index is 2.72. The van der Waals surface area contributed by atoms with E-state index in [1.807, 2.05) is 18.2 Å². The quantitative estimate of drug-likeness (QED) is 0.412. The van der Waals surface area contributed by atoms with Crippen LogP contribution in [0.15, 0.2) is 18.2 Å². The summed E-state index contributed by atoms with van der Waals surface area (Å²) in [6.45, 7) is 1.22. The Labute approximate surface area is 115 Å². The second-order valence-corrected chi connectivity index (χ2v) is 5.41. The van der Waals surface area contributed by atoms with Gasteiger partial charge in [-0.2, -0.15) is 0 Å². The summed E-state index contributed by atoms with van der Waals surface area (Å²) in [6, 6.07) is 5.79. The summed E-state index contributed by atoms with van der Waals surface area (Å²) in [7, 11) is 0. The van der Waals surface area contributed by atoms with Crippen LogP contribution in [0.5, 0.6) is 0 Å². The van der Waals surface area contributed by atoms with Gasteiger partial charge in [-0.05, 0) is 68.9 Å². The molecular formula is C10H8I2O3. The molecule has 0 saturated heterocycles. The predicted molar refractivity (Wildman–Crippen MR) is 72.4 cm³/mol. The summed E-state index contributed by atoms with van der Waals surface area (Å²) in [6.07, 6.45) is 0.131. The molecule has 0 aliphatic heterocycles. The lowest BCUT2D eigenvalue weighted by Crippen LogP contribution is -2.11. The SMILES string of the molecule is CC(=O)OC(=O)Cc1cc(I)cc(I)c1. The van der Waals surface area contributed by atoms with E-state index in [2.05, 4.69) is 49.9 Å². The largest absolute Gasteiger partial charge is 0.393 e. The van der Waals surface area contributed by atoms with E-state index in [-0.39, 0.29) is 6.42 Å². The summed E-state index contributed by atoms with van der Waals surface area (Å²) in [5.41, 5.74) is 0.859. The highest BCUT2D eigenvalue weighted by molar-refractivity contribution is 14.1. The van der Waals surface area contributed by atoms with Crippen molar-refractivity contribution in [3.63, 3.8) is 0 Å². The van der Waals surface area contributed by atoms with E-state index < -0.39 is 11.9 Å². The molecule has 1 rings (SSSR count). The fraction of sp³-hybridized carbons (Fsp3) is 0.200. The smallest absolute Gasteiger partial charge is 0.317 e. The minimum Gasteiger partial charge on any atom is -0.393 e. The predicted octanol–water partition coefficient (Wildman–Crippen LogP) is 2.53. The highest BCUT2D eigenvalue weighted by Crippen LogP contribution is 2.15. The number of halogens is 2. The molecule has 0 aliphatic carbocycles. The fourth-order valence-corrected chi connectivity index (χ4v) is 3.14. The van der Waals surface area contributed by atoms with E-state index in [9.17, 15) is 9.59 Å². The molecular weight excluding hydrogens is 422 g/mol. The first kappa shape index (κ1) is 12.9. The zero-order valence-corrected chi connectivity index (χ0v) is 12.2. The van der Waals surface area contributed by atoms with Gasteiger partial charge in [0.25, 0.3) is 0 Å². The van der Waals surface area contributed by atoms with Crippen molar-refractivity contribution in [2.24, 2.45) is 0 Å². The van der Waals surface area contributed by atoms with Gasteiger partial charge in [0.05, 0.1) is 6.42 Å². The van der Waals surface area contributed by atoms with E-state index in [1.165, 1.54) is 6.92 Å². The summed E-state index contributed by atoms with van der Waals surface area (Å²) in [5, 5.41) is 0. The Hall–Kier alpha value is -0.180. The number of hydrogen-bond donors (Lipinski definition) is 0. The zero-order valence-electron chi connectivity index (χ0n) is 7.92. The van der Waals surface area contributed by atoms with Gasteiger partial charge in [0.2, 0.25) is 0 Å². The molecule has 0 saturated carbocycles. The second kappa shape index (κ2) is 5.78. The maximum absolute atomic E-state index is 11.2. The van der Waals surface area contributed by atoms with Crippen molar-refractivity contribution in [1.82, 2.24) is 0 Å². The number of benzene rings is 1. The highest BCUT2D eigenvalue weighted by Gasteiger charge is 2.08. The Morgan fingerprint density at radius 3 is 2.20 bits per heavy atom.